The molecular weight excluding hydrogens is 300 g/mol. The fourth-order valence-corrected chi connectivity index (χ4v) is 2.33. The summed E-state index contributed by atoms with van der Waals surface area (Å²) in [6.45, 7) is 4.58. The first-order valence-corrected chi connectivity index (χ1v) is 7.70. The number of likely N-dealkylation sites (tertiary alicyclic amines) is 1. The van der Waals surface area contributed by atoms with Crippen LogP contribution >= 0.6 is 0 Å². The van der Waals surface area contributed by atoms with E-state index in [-0.39, 0.29) is 29.4 Å². The number of nitrogens with zero attached hydrogens (tertiary/aromatic N) is 2. The first-order chi connectivity index (χ1) is 10.9. The van der Waals surface area contributed by atoms with Gasteiger partial charge in [0, 0.05) is 45.2 Å². The van der Waals surface area contributed by atoms with Crippen molar-refractivity contribution in [2.24, 2.45) is 7.05 Å². The van der Waals surface area contributed by atoms with Crippen LogP contribution in [0.25, 0.3) is 0 Å². The maximum Gasteiger partial charge on any atom is 0.410 e. The zero-order chi connectivity index (χ0) is 17.0. The van der Waals surface area contributed by atoms with E-state index in [2.05, 4.69) is 0 Å². The topological polar surface area (TPSA) is 77.8 Å². The Labute approximate surface area is 134 Å². The number of ether oxygens (including phenoxy) is 2. The molecule has 1 saturated heterocycles. The van der Waals surface area contributed by atoms with Crippen LogP contribution in [0.5, 0.6) is 0 Å². The van der Waals surface area contributed by atoms with E-state index in [0.29, 0.717) is 25.9 Å². The van der Waals surface area contributed by atoms with Gasteiger partial charge in [0.1, 0.15) is 6.10 Å². The minimum atomic E-state index is -0.508. The molecule has 7 nitrogen and oxygen atoms in total. The van der Waals surface area contributed by atoms with E-state index in [9.17, 15) is 14.4 Å². The Hall–Kier alpha value is -2.31. The number of amides is 1. The number of hydrogen-bond donors (Lipinski definition) is 0. The number of carbonyl (C=O) groups is 2. The van der Waals surface area contributed by atoms with Gasteiger partial charge < -0.3 is 18.9 Å². The van der Waals surface area contributed by atoms with E-state index in [0.717, 1.165) is 0 Å². The Morgan fingerprint density at radius 3 is 2.48 bits per heavy atom. The van der Waals surface area contributed by atoms with E-state index in [4.69, 9.17) is 9.47 Å². The molecule has 0 aliphatic carbocycles. The van der Waals surface area contributed by atoms with Crippen LogP contribution in [-0.2, 0) is 16.5 Å². The van der Waals surface area contributed by atoms with Gasteiger partial charge in [-0.15, -0.1) is 0 Å². The van der Waals surface area contributed by atoms with Crippen LogP contribution in [0.3, 0.4) is 0 Å². The van der Waals surface area contributed by atoms with Crippen molar-refractivity contribution in [3.05, 3.63) is 34.2 Å². The van der Waals surface area contributed by atoms with Crippen LogP contribution in [0.1, 0.15) is 37.0 Å². The Morgan fingerprint density at radius 1 is 1.26 bits per heavy atom. The molecule has 0 radical (unpaired) electrons. The monoisotopic (exact) mass is 322 g/mol. The number of carbonyl (C=O) groups excluding carboxylic acids is 2. The summed E-state index contributed by atoms with van der Waals surface area (Å²) in [7, 11) is 1.61. The van der Waals surface area contributed by atoms with Crippen molar-refractivity contribution < 1.29 is 19.1 Å². The summed E-state index contributed by atoms with van der Waals surface area (Å²) >= 11 is 0. The highest BCUT2D eigenvalue weighted by Crippen LogP contribution is 2.16. The summed E-state index contributed by atoms with van der Waals surface area (Å²) in [6, 6.07) is 2.82. The standard InChI is InChI=1S/C16H22N2O5/c1-11(2)22-16(21)18-8-5-13(6-9-18)23-15(20)12-4-7-17(3)14(19)10-12/h4,7,10-11,13H,5-6,8-9H2,1-3H3. The first kappa shape index (κ1) is 17.1. The van der Waals surface area contributed by atoms with Crippen LogP contribution in [-0.4, -0.2) is 46.8 Å². The van der Waals surface area contributed by atoms with E-state index in [1.165, 1.54) is 16.8 Å². The van der Waals surface area contributed by atoms with E-state index < -0.39 is 5.97 Å². The lowest BCUT2D eigenvalue weighted by Crippen LogP contribution is -2.42. The van der Waals surface area contributed by atoms with Crippen molar-refractivity contribution in [3.63, 3.8) is 0 Å². The van der Waals surface area contributed by atoms with Crippen molar-refractivity contribution in [1.82, 2.24) is 9.47 Å². The summed E-state index contributed by atoms with van der Waals surface area (Å²) in [5, 5.41) is 0. The molecule has 1 aliphatic rings. The summed E-state index contributed by atoms with van der Waals surface area (Å²) in [5.74, 6) is -0.508. The minimum Gasteiger partial charge on any atom is -0.459 e. The van der Waals surface area contributed by atoms with Crippen LogP contribution < -0.4 is 5.56 Å². The second-order valence-electron chi connectivity index (χ2n) is 5.89. The average Bonchev–Trinajstić information content (AvgIpc) is 2.50. The molecule has 0 unspecified atom stereocenters. The van der Waals surface area contributed by atoms with Crippen molar-refractivity contribution in [2.45, 2.75) is 38.9 Å². The highest BCUT2D eigenvalue weighted by Gasteiger charge is 2.26. The third-order valence-electron chi connectivity index (χ3n) is 3.65. The summed E-state index contributed by atoms with van der Waals surface area (Å²) < 4.78 is 11.9. The molecule has 7 heteroatoms. The zero-order valence-corrected chi connectivity index (χ0v) is 13.7. The van der Waals surface area contributed by atoms with Gasteiger partial charge in [-0.05, 0) is 19.9 Å². The van der Waals surface area contributed by atoms with Gasteiger partial charge in [-0.2, -0.15) is 0 Å². The van der Waals surface area contributed by atoms with Crippen molar-refractivity contribution in [2.75, 3.05) is 13.1 Å². The number of pyridine rings is 1. The molecule has 23 heavy (non-hydrogen) atoms. The predicted molar refractivity (Wildman–Crippen MR) is 83.3 cm³/mol. The molecule has 0 spiro atoms. The number of piperidine rings is 1. The highest BCUT2D eigenvalue weighted by atomic mass is 16.6. The SMILES string of the molecule is CC(C)OC(=O)N1CCC(OC(=O)c2ccn(C)c(=O)c2)CC1. The lowest BCUT2D eigenvalue weighted by molar-refractivity contribution is 0.00812. The second kappa shape index (κ2) is 7.30. The third-order valence-corrected chi connectivity index (χ3v) is 3.65. The largest absolute Gasteiger partial charge is 0.459 e. The Bertz CT molecular complexity index is 630. The van der Waals surface area contributed by atoms with Crippen LogP contribution in [0.15, 0.2) is 23.1 Å². The number of esters is 1. The Morgan fingerprint density at radius 2 is 1.91 bits per heavy atom. The molecule has 1 aromatic heterocycles. The van der Waals surface area contributed by atoms with Gasteiger partial charge in [-0.3, -0.25) is 4.79 Å². The zero-order valence-electron chi connectivity index (χ0n) is 13.7. The number of rotatable bonds is 3. The quantitative estimate of drug-likeness (QED) is 0.789. The van der Waals surface area contributed by atoms with Gasteiger partial charge in [0.15, 0.2) is 0 Å². The molecule has 0 atom stereocenters. The highest BCUT2D eigenvalue weighted by molar-refractivity contribution is 5.89. The van der Waals surface area contributed by atoms with Crippen molar-refractivity contribution >= 4 is 12.1 Å². The van der Waals surface area contributed by atoms with Crippen molar-refractivity contribution in [1.29, 1.82) is 0 Å². The molecule has 1 fully saturated rings. The molecule has 126 valence electrons. The van der Waals surface area contributed by atoms with E-state index in [1.54, 1.807) is 31.9 Å². The minimum absolute atomic E-state index is 0.154. The second-order valence-corrected chi connectivity index (χ2v) is 5.89. The molecule has 1 aromatic rings. The van der Waals surface area contributed by atoms with Crippen LogP contribution in [0.2, 0.25) is 0 Å². The molecular formula is C16H22N2O5. The van der Waals surface area contributed by atoms with Crippen LogP contribution in [0.4, 0.5) is 4.79 Å². The Kier molecular flexibility index (Phi) is 5.41. The summed E-state index contributed by atoms with van der Waals surface area (Å²) in [5.41, 5.74) is -0.0135. The molecule has 0 saturated carbocycles. The summed E-state index contributed by atoms with van der Waals surface area (Å²) in [6.07, 6.45) is 1.90. The lowest BCUT2D eigenvalue weighted by atomic mass is 10.1. The van der Waals surface area contributed by atoms with Crippen molar-refractivity contribution in [3.8, 4) is 0 Å². The number of aromatic nitrogens is 1. The first-order valence-electron chi connectivity index (χ1n) is 7.70. The maximum absolute atomic E-state index is 12.1. The average molecular weight is 322 g/mol. The fraction of sp³-hybridized carbons (Fsp3) is 0.562. The molecule has 2 rings (SSSR count). The van der Waals surface area contributed by atoms with Gasteiger partial charge in [0.2, 0.25) is 0 Å². The molecule has 1 amide bonds. The number of hydrogen-bond acceptors (Lipinski definition) is 5. The molecule has 2 heterocycles. The van der Waals surface area contributed by atoms with Gasteiger partial charge >= 0.3 is 12.1 Å². The third kappa shape index (κ3) is 4.58. The van der Waals surface area contributed by atoms with Gasteiger partial charge in [0.25, 0.3) is 5.56 Å². The van der Waals surface area contributed by atoms with E-state index >= 15 is 0 Å². The predicted octanol–water partition coefficient (Wildman–Crippen LogP) is 1.55. The lowest BCUT2D eigenvalue weighted by Gasteiger charge is -2.31. The van der Waals surface area contributed by atoms with Gasteiger partial charge in [-0.25, -0.2) is 9.59 Å². The summed E-state index contributed by atoms with van der Waals surface area (Å²) in [4.78, 5) is 37.0. The molecule has 0 bridgehead atoms. The number of aryl methyl sites for hydroxylation is 1. The fourth-order valence-electron chi connectivity index (χ4n) is 2.33. The molecule has 1 aliphatic heterocycles. The normalized spacial score (nSPS) is 15.6. The smallest absolute Gasteiger partial charge is 0.410 e. The van der Waals surface area contributed by atoms with E-state index in [1.807, 2.05) is 0 Å². The van der Waals surface area contributed by atoms with Crippen LogP contribution in [0, 0.1) is 0 Å². The van der Waals surface area contributed by atoms with Gasteiger partial charge in [0.05, 0.1) is 11.7 Å². The molecule has 0 aromatic carbocycles. The maximum atomic E-state index is 12.1. The molecule has 0 N–H and O–H groups in total. The van der Waals surface area contributed by atoms with Gasteiger partial charge in [-0.1, -0.05) is 0 Å². The Balaban J connectivity index is 1.86.